The van der Waals surface area contributed by atoms with Gasteiger partial charge in [0.05, 0.1) is 17.8 Å². The number of hydrogen-bond acceptors (Lipinski definition) is 6. The van der Waals surface area contributed by atoms with Crippen molar-refractivity contribution in [1.29, 1.82) is 0 Å². The van der Waals surface area contributed by atoms with Crippen LogP contribution in [0.1, 0.15) is 24.1 Å². The lowest BCUT2D eigenvalue weighted by Crippen LogP contribution is -2.55. The van der Waals surface area contributed by atoms with Crippen LogP contribution in [-0.2, 0) is 17.6 Å². The minimum atomic E-state index is 0.0691. The van der Waals surface area contributed by atoms with Gasteiger partial charge in [0.2, 0.25) is 5.91 Å². The molecule has 2 N–H and O–H groups in total. The molecule has 3 aliphatic heterocycles. The van der Waals surface area contributed by atoms with Crippen molar-refractivity contribution in [3.8, 4) is 0 Å². The molecule has 8 nitrogen and oxygen atoms in total. The number of fused-ring (bicyclic) bond motifs is 2. The molecule has 0 saturated carbocycles. The van der Waals surface area contributed by atoms with Gasteiger partial charge in [-0.15, -0.1) is 0 Å². The Hall–Kier alpha value is -2.19. The summed E-state index contributed by atoms with van der Waals surface area (Å²) in [5, 5.41) is 11.1. The van der Waals surface area contributed by atoms with E-state index in [1.54, 1.807) is 0 Å². The van der Waals surface area contributed by atoms with E-state index in [1.807, 2.05) is 16.8 Å². The van der Waals surface area contributed by atoms with E-state index in [4.69, 9.17) is 4.98 Å². The molecule has 3 aliphatic rings. The number of likely N-dealkylation sites (N-methyl/N-ethyl adjacent to an activating group) is 1. The molecule has 0 spiro atoms. The third-order valence-electron chi connectivity index (χ3n) is 6.74. The average molecular weight is 398 g/mol. The Bertz CT molecular complexity index is 883. The van der Waals surface area contributed by atoms with E-state index >= 15 is 0 Å². The van der Waals surface area contributed by atoms with Gasteiger partial charge in [-0.1, -0.05) is 0 Å². The lowest BCUT2D eigenvalue weighted by atomic mass is 9.95. The number of carbonyl (C=O) groups is 1. The van der Waals surface area contributed by atoms with Crippen molar-refractivity contribution < 1.29 is 4.79 Å². The molecule has 0 aliphatic carbocycles. The van der Waals surface area contributed by atoms with Crippen molar-refractivity contribution in [2.24, 2.45) is 11.8 Å². The first kappa shape index (κ1) is 18.8. The van der Waals surface area contributed by atoms with Crippen molar-refractivity contribution in [3.63, 3.8) is 0 Å². The van der Waals surface area contributed by atoms with Crippen LogP contribution in [0.25, 0.3) is 5.65 Å². The molecule has 0 radical (unpaired) electrons. The number of carbonyl (C=O) groups excluding carboxylic acids is 1. The summed E-state index contributed by atoms with van der Waals surface area (Å²) in [5.74, 6) is 2.04. The third kappa shape index (κ3) is 3.71. The van der Waals surface area contributed by atoms with Crippen LogP contribution in [-0.4, -0.2) is 78.3 Å². The van der Waals surface area contributed by atoms with E-state index in [0.29, 0.717) is 5.92 Å². The first-order valence-electron chi connectivity index (χ1n) is 11.0. The Labute approximate surface area is 171 Å². The Morgan fingerprint density at radius 1 is 1.24 bits per heavy atom. The quantitative estimate of drug-likeness (QED) is 0.773. The van der Waals surface area contributed by atoms with Crippen LogP contribution in [0.5, 0.6) is 0 Å². The summed E-state index contributed by atoms with van der Waals surface area (Å²) in [5.41, 5.74) is 3.40. The van der Waals surface area contributed by atoms with Gasteiger partial charge in [0, 0.05) is 50.8 Å². The monoisotopic (exact) mass is 397 g/mol. The highest BCUT2D eigenvalue weighted by Gasteiger charge is 2.36. The molecule has 0 unspecified atom stereocenters. The Kier molecular flexibility index (Phi) is 5.13. The van der Waals surface area contributed by atoms with Gasteiger partial charge in [-0.25, -0.2) is 4.98 Å². The highest BCUT2D eigenvalue weighted by Crippen LogP contribution is 2.32. The number of nitrogens with one attached hydrogen (secondary N) is 2. The Morgan fingerprint density at radius 2 is 2.03 bits per heavy atom. The molecule has 1 amide bonds. The van der Waals surface area contributed by atoms with Crippen molar-refractivity contribution in [2.45, 2.75) is 25.7 Å². The van der Waals surface area contributed by atoms with Gasteiger partial charge in [-0.05, 0) is 45.3 Å². The molecule has 29 heavy (non-hydrogen) atoms. The van der Waals surface area contributed by atoms with Gasteiger partial charge in [0.15, 0.2) is 5.65 Å². The van der Waals surface area contributed by atoms with Crippen LogP contribution in [0.15, 0.2) is 12.3 Å². The number of piperidine rings is 1. The second-order valence-electron chi connectivity index (χ2n) is 8.81. The Balaban J connectivity index is 1.28. The molecular weight excluding hydrogens is 366 g/mol. The first-order chi connectivity index (χ1) is 14.2. The fraction of sp³-hybridized carbons (Fsp3) is 0.667. The summed E-state index contributed by atoms with van der Waals surface area (Å²) in [6.07, 6.45) is 6.08. The molecule has 0 atom stereocenters. The Morgan fingerprint density at radius 3 is 2.86 bits per heavy atom. The van der Waals surface area contributed by atoms with Crippen LogP contribution >= 0.6 is 0 Å². The van der Waals surface area contributed by atoms with Crippen molar-refractivity contribution in [1.82, 2.24) is 30.1 Å². The summed E-state index contributed by atoms with van der Waals surface area (Å²) >= 11 is 0. The number of nitrogens with zero attached hydrogens (tertiary/aromatic N) is 5. The van der Waals surface area contributed by atoms with E-state index in [2.05, 4.69) is 32.6 Å². The van der Waals surface area contributed by atoms with Gasteiger partial charge in [0.1, 0.15) is 5.82 Å². The predicted molar refractivity (Wildman–Crippen MR) is 112 cm³/mol. The fourth-order valence-electron chi connectivity index (χ4n) is 4.80. The molecule has 156 valence electrons. The van der Waals surface area contributed by atoms with Crippen molar-refractivity contribution >= 4 is 17.4 Å². The number of rotatable bonds is 4. The minimum absolute atomic E-state index is 0.0691. The number of hydrogen-bond donors (Lipinski definition) is 2. The third-order valence-corrected chi connectivity index (χ3v) is 6.74. The van der Waals surface area contributed by atoms with Crippen LogP contribution < -0.4 is 15.5 Å². The molecule has 0 bridgehead atoms. The minimum Gasteiger partial charge on any atom is -0.355 e. The van der Waals surface area contributed by atoms with Crippen molar-refractivity contribution in [3.05, 3.63) is 23.5 Å². The fourth-order valence-corrected chi connectivity index (χ4v) is 4.80. The molecule has 8 heteroatoms. The zero-order chi connectivity index (χ0) is 19.8. The van der Waals surface area contributed by atoms with Crippen molar-refractivity contribution in [2.75, 3.05) is 57.8 Å². The summed E-state index contributed by atoms with van der Waals surface area (Å²) in [7, 11) is 2.17. The van der Waals surface area contributed by atoms with Crippen LogP contribution in [0.3, 0.4) is 0 Å². The van der Waals surface area contributed by atoms with E-state index < -0.39 is 0 Å². The molecule has 2 fully saturated rings. The average Bonchev–Trinajstić information content (AvgIpc) is 3.09. The lowest BCUT2D eigenvalue weighted by Gasteiger charge is -2.41. The summed E-state index contributed by atoms with van der Waals surface area (Å²) in [6.45, 7) is 6.55. The molecule has 5 heterocycles. The van der Waals surface area contributed by atoms with Gasteiger partial charge in [-0.2, -0.15) is 9.61 Å². The highest BCUT2D eigenvalue weighted by atomic mass is 16.2. The molecule has 5 rings (SSSR count). The topological polar surface area (TPSA) is 77.8 Å². The van der Waals surface area contributed by atoms with Crippen LogP contribution in [0, 0.1) is 11.8 Å². The van der Waals surface area contributed by atoms with Crippen LogP contribution in [0.4, 0.5) is 5.82 Å². The zero-order valence-corrected chi connectivity index (χ0v) is 17.2. The number of anilines is 1. The SMILES string of the molecule is CN1CCc2nc3ccnn3c(N3CC(C(=O)NCC4CCNCC4)C3)c2CC1. The smallest absolute Gasteiger partial charge is 0.226 e. The molecule has 2 saturated heterocycles. The summed E-state index contributed by atoms with van der Waals surface area (Å²) in [6, 6.07) is 1.97. The molecule has 0 aromatic carbocycles. The largest absolute Gasteiger partial charge is 0.355 e. The second-order valence-corrected chi connectivity index (χ2v) is 8.81. The van der Waals surface area contributed by atoms with Gasteiger partial charge < -0.3 is 20.4 Å². The van der Waals surface area contributed by atoms with Crippen LogP contribution in [0.2, 0.25) is 0 Å². The molecule has 2 aromatic rings. The van der Waals surface area contributed by atoms with E-state index in [0.717, 1.165) is 83.0 Å². The van der Waals surface area contributed by atoms with Gasteiger partial charge in [0.25, 0.3) is 0 Å². The normalized spacial score (nSPS) is 21.6. The highest BCUT2D eigenvalue weighted by molar-refractivity contribution is 5.82. The predicted octanol–water partition coefficient (Wildman–Crippen LogP) is 0.312. The number of amides is 1. The first-order valence-corrected chi connectivity index (χ1v) is 11.0. The van der Waals surface area contributed by atoms with Gasteiger partial charge in [-0.3, -0.25) is 4.79 Å². The maximum Gasteiger partial charge on any atom is 0.226 e. The van der Waals surface area contributed by atoms with E-state index in [1.165, 1.54) is 11.3 Å². The summed E-state index contributed by atoms with van der Waals surface area (Å²) < 4.78 is 1.97. The van der Waals surface area contributed by atoms with Gasteiger partial charge >= 0.3 is 0 Å². The maximum atomic E-state index is 12.7. The maximum absolute atomic E-state index is 12.7. The zero-order valence-electron chi connectivity index (χ0n) is 17.2. The van der Waals surface area contributed by atoms with E-state index in [9.17, 15) is 4.79 Å². The van der Waals surface area contributed by atoms with E-state index in [-0.39, 0.29) is 11.8 Å². The second kappa shape index (κ2) is 7.91. The lowest BCUT2D eigenvalue weighted by molar-refractivity contribution is -0.125. The number of aromatic nitrogens is 3. The molecular formula is C21H31N7O. The summed E-state index contributed by atoms with van der Waals surface area (Å²) in [4.78, 5) is 22.2. The molecule has 2 aromatic heterocycles. The standard InChI is InChI=1S/C21H31N7O/c1-26-10-5-17-18(6-11-26)25-19-4-9-24-28(19)21(17)27-13-16(14-27)20(29)23-12-15-2-7-22-8-3-15/h4,9,15-16,22H,2-3,5-8,10-14H2,1H3,(H,23,29).